The van der Waals surface area contributed by atoms with Crippen LogP contribution in [0.25, 0.3) is 39.5 Å². The van der Waals surface area contributed by atoms with Gasteiger partial charge in [0.05, 0.1) is 11.4 Å². The van der Waals surface area contributed by atoms with Crippen molar-refractivity contribution in [1.29, 1.82) is 0 Å². The van der Waals surface area contributed by atoms with E-state index in [1.165, 1.54) is 75.8 Å². The second-order valence-electron chi connectivity index (χ2n) is 11.9. The molecule has 5 aromatic carbocycles. The Labute approximate surface area is 270 Å². The van der Waals surface area contributed by atoms with Crippen LogP contribution >= 0.6 is 0 Å². The van der Waals surface area contributed by atoms with E-state index in [0.29, 0.717) is 0 Å². The summed E-state index contributed by atoms with van der Waals surface area (Å²) in [4.78, 5) is 0. The Kier molecular flexibility index (Phi) is 11.3. The molecular formula is C43H46N2. The molecule has 5 aromatic rings. The molecule has 0 fully saturated rings. The van der Waals surface area contributed by atoms with E-state index in [4.69, 9.17) is 10.2 Å². The first-order valence-electron chi connectivity index (χ1n) is 16.7. The Bertz CT molecular complexity index is 1730. The summed E-state index contributed by atoms with van der Waals surface area (Å²) in [6.07, 6.45) is 10.00. The molecule has 0 radical (unpaired) electrons. The van der Waals surface area contributed by atoms with Crippen LogP contribution in [0.5, 0.6) is 0 Å². The third-order valence-electron chi connectivity index (χ3n) is 8.52. The van der Waals surface area contributed by atoms with E-state index in [-0.39, 0.29) is 0 Å². The highest BCUT2D eigenvalue weighted by Gasteiger charge is 2.14. The summed E-state index contributed by atoms with van der Waals surface area (Å²) >= 11 is 0. The first-order chi connectivity index (χ1) is 22.1. The van der Waals surface area contributed by atoms with Crippen molar-refractivity contribution >= 4 is 11.8 Å². The zero-order chi connectivity index (χ0) is 31.4. The number of aryl methyl sites for hydroxylation is 3. The van der Waals surface area contributed by atoms with Gasteiger partial charge in [-0.1, -0.05) is 137 Å². The van der Waals surface area contributed by atoms with Crippen LogP contribution in [0, 0.1) is 6.92 Å². The van der Waals surface area contributed by atoms with Crippen LogP contribution in [0.1, 0.15) is 75.1 Å². The van der Waals surface area contributed by atoms with E-state index in [0.717, 1.165) is 36.2 Å². The lowest BCUT2D eigenvalue weighted by molar-refractivity contribution is 0.667. The molecule has 0 aliphatic carbocycles. The van der Waals surface area contributed by atoms with Gasteiger partial charge in [0.2, 0.25) is 0 Å². The normalized spacial score (nSPS) is 11.8. The number of hydrogen-bond acceptors (Lipinski definition) is 2. The minimum absolute atomic E-state index is 0.802. The smallest absolute Gasteiger partial charge is 0.0862 e. The number of nitrogens with zero attached hydrogens (tertiary/aromatic N) is 2. The molecule has 0 saturated carbocycles. The Balaban J connectivity index is 1.52. The second-order valence-corrected chi connectivity index (χ2v) is 11.9. The van der Waals surface area contributed by atoms with Gasteiger partial charge in [0.1, 0.15) is 0 Å². The van der Waals surface area contributed by atoms with Gasteiger partial charge in [0.25, 0.3) is 0 Å². The Hall–Kier alpha value is -4.56. The standard InChI is InChI=1S/C43H46N2/c1-5-8-9-13-26-38-31-40(30-34(6-2)43(38)37-24-18-12-19-25-37)45-44-39(7-3)28-33-27-32(4)42(36-22-16-11-17-23-36)41(29-33)35-20-14-10-15-21-35/h10-12,14-25,27-31H,5-9,13,26H2,1-4H3. The molecule has 5 rings (SSSR count). The van der Waals surface area contributed by atoms with Crippen LogP contribution in [0.3, 0.4) is 0 Å². The van der Waals surface area contributed by atoms with Crippen molar-refractivity contribution in [3.8, 4) is 33.4 Å². The largest absolute Gasteiger partial charge is 0.155 e. The fourth-order valence-corrected chi connectivity index (χ4v) is 6.25. The van der Waals surface area contributed by atoms with Gasteiger partial charge in [-0.15, -0.1) is 0 Å². The van der Waals surface area contributed by atoms with Crippen molar-refractivity contribution in [2.75, 3.05) is 0 Å². The predicted molar refractivity (Wildman–Crippen MR) is 194 cm³/mol. The fourth-order valence-electron chi connectivity index (χ4n) is 6.25. The molecule has 0 saturated heterocycles. The lowest BCUT2D eigenvalue weighted by Gasteiger charge is -2.16. The summed E-state index contributed by atoms with van der Waals surface area (Å²) < 4.78 is 0. The molecule has 2 nitrogen and oxygen atoms in total. The molecule has 0 N–H and O–H groups in total. The Morgan fingerprint density at radius 3 is 1.82 bits per heavy atom. The van der Waals surface area contributed by atoms with Crippen molar-refractivity contribution < 1.29 is 0 Å². The van der Waals surface area contributed by atoms with E-state index in [9.17, 15) is 0 Å². The molecule has 0 aliphatic rings. The molecule has 0 heterocycles. The van der Waals surface area contributed by atoms with Gasteiger partial charge < -0.3 is 0 Å². The van der Waals surface area contributed by atoms with Crippen LogP contribution < -0.4 is 0 Å². The average Bonchev–Trinajstić information content (AvgIpc) is 3.09. The molecule has 0 aromatic heterocycles. The van der Waals surface area contributed by atoms with E-state index >= 15 is 0 Å². The molecule has 0 atom stereocenters. The van der Waals surface area contributed by atoms with Gasteiger partial charge in [-0.3, -0.25) is 0 Å². The highest BCUT2D eigenvalue weighted by molar-refractivity contribution is 5.87. The first-order valence-corrected chi connectivity index (χ1v) is 16.7. The number of benzene rings is 5. The monoisotopic (exact) mass is 590 g/mol. The molecule has 0 bridgehead atoms. The zero-order valence-electron chi connectivity index (χ0n) is 27.4. The molecule has 0 amide bonds. The lowest BCUT2D eigenvalue weighted by atomic mass is 9.89. The maximum atomic E-state index is 4.85. The van der Waals surface area contributed by atoms with E-state index in [1.54, 1.807) is 0 Å². The van der Waals surface area contributed by atoms with Crippen LogP contribution in [0.15, 0.2) is 131 Å². The number of rotatable bonds is 13. The number of hydrogen-bond donors (Lipinski definition) is 0. The SMILES string of the molecule is CCCCCCc1cc(N=NC(=Cc2cc(C)c(-c3ccccc3)c(-c3ccccc3)c2)CC)cc(CC)c1-c1ccccc1. The molecule has 0 unspecified atom stereocenters. The molecular weight excluding hydrogens is 544 g/mol. The summed E-state index contributed by atoms with van der Waals surface area (Å²) in [6.45, 7) is 8.88. The third kappa shape index (κ3) is 8.13. The van der Waals surface area contributed by atoms with Crippen molar-refractivity contribution in [2.24, 2.45) is 10.2 Å². The summed E-state index contributed by atoms with van der Waals surface area (Å²) in [5.74, 6) is 0. The predicted octanol–water partition coefficient (Wildman–Crippen LogP) is 13.2. The Morgan fingerprint density at radius 2 is 1.22 bits per heavy atom. The van der Waals surface area contributed by atoms with Crippen LogP contribution in [0.4, 0.5) is 5.69 Å². The average molecular weight is 591 g/mol. The minimum atomic E-state index is 0.802. The van der Waals surface area contributed by atoms with E-state index < -0.39 is 0 Å². The third-order valence-corrected chi connectivity index (χ3v) is 8.52. The van der Waals surface area contributed by atoms with Gasteiger partial charge in [-0.2, -0.15) is 10.2 Å². The van der Waals surface area contributed by atoms with Crippen molar-refractivity contribution in [1.82, 2.24) is 0 Å². The van der Waals surface area contributed by atoms with Crippen LogP contribution in [-0.4, -0.2) is 0 Å². The molecule has 228 valence electrons. The molecule has 0 aliphatic heterocycles. The molecule has 0 spiro atoms. The van der Waals surface area contributed by atoms with Crippen molar-refractivity contribution in [3.63, 3.8) is 0 Å². The van der Waals surface area contributed by atoms with E-state index in [1.807, 2.05) is 0 Å². The maximum Gasteiger partial charge on any atom is 0.0862 e. The summed E-state index contributed by atoms with van der Waals surface area (Å²) in [6, 6.07) is 41.3. The number of unbranched alkanes of at least 4 members (excludes halogenated alkanes) is 3. The number of allylic oxidation sites excluding steroid dienone is 1. The molecule has 2 heteroatoms. The van der Waals surface area contributed by atoms with Gasteiger partial charge in [0, 0.05) is 0 Å². The summed E-state index contributed by atoms with van der Waals surface area (Å²) in [5.41, 5.74) is 14.6. The van der Waals surface area contributed by atoms with E-state index in [2.05, 4.69) is 149 Å². The maximum absolute atomic E-state index is 4.85. The van der Waals surface area contributed by atoms with Crippen LogP contribution in [0.2, 0.25) is 0 Å². The Morgan fingerprint density at radius 1 is 0.622 bits per heavy atom. The first kappa shape index (κ1) is 31.9. The lowest BCUT2D eigenvalue weighted by Crippen LogP contribution is -1.96. The van der Waals surface area contributed by atoms with Crippen molar-refractivity contribution in [3.05, 3.63) is 143 Å². The zero-order valence-corrected chi connectivity index (χ0v) is 27.4. The van der Waals surface area contributed by atoms with Gasteiger partial charge in [-0.05, 0) is 113 Å². The minimum Gasteiger partial charge on any atom is -0.155 e. The highest BCUT2D eigenvalue weighted by atomic mass is 15.1. The quantitative estimate of drug-likeness (QED) is 0.0962. The van der Waals surface area contributed by atoms with Gasteiger partial charge in [0.15, 0.2) is 0 Å². The van der Waals surface area contributed by atoms with Crippen molar-refractivity contribution in [2.45, 2.75) is 72.6 Å². The highest BCUT2D eigenvalue weighted by Crippen LogP contribution is 2.37. The summed E-state index contributed by atoms with van der Waals surface area (Å²) in [7, 11) is 0. The van der Waals surface area contributed by atoms with Gasteiger partial charge in [-0.25, -0.2) is 0 Å². The fraction of sp³-hybridized carbons (Fsp3) is 0.256. The molecule has 45 heavy (non-hydrogen) atoms. The topological polar surface area (TPSA) is 24.7 Å². The number of azo groups is 1. The van der Waals surface area contributed by atoms with Crippen LogP contribution in [-0.2, 0) is 12.8 Å². The summed E-state index contributed by atoms with van der Waals surface area (Å²) in [5, 5.41) is 9.68. The second kappa shape index (κ2) is 16.0. The van der Waals surface area contributed by atoms with Gasteiger partial charge >= 0.3 is 0 Å².